The van der Waals surface area contributed by atoms with Crippen molar-refractivity contribution >= 4 is 17.5 Å². The van der Waals surface area contributed by atoms with Crippen LogP contribution in [0.4, 0.5) is 0 Å². The van der Waals surface area contributed by atoms with Crippen LogP contribution >= 0.6 is 11.6 Å². The zero-order valence-electron chi connectivity index (χ0n) is 8.88. The van der Waals surface area contributed by atoms with E-state index in [1.54, 1.807) is 0 Å². The van der Waals surface area contributed by atoms with Crippen LogP contribution in [0.2, 0.25) is 0 Å². The molecule has 0 spiro atoms. The second kappa shape index (κ2) is 5.40. The zero-order valence-corrected chi connectivity index (χ0v) is 9.63. The number of alkyl halides is 1. The van der Waals surface area contributed by atoms with Crippen LogP contribution in [0.25, 0.3) is 11.4 Å². The lowest BCUT2D eigenvalue weighted by molar-refractivity contribution is -0.119. The second-order valence-corrected chi connectivity index (χ2v) is 3.53. The van der Waals surface area contributed by atoms with Gasteiger partial charge in [-0.3, -0.25) is 4.79 Å². The Hall–Kier alpha value is -1.95. The molecule has 0 saturated carbocycles. The van der Waals surface area contributed by atoms with E-state index in [1.807, 2.05) is 30.3 Å². The van der Waals surface area contributed by atoms with Crippen molar-refractivity contribution in [2.75, 3.05) is 5.88 Å². The van der Waals surface area contributed by atoms with Gasteiger partial charge in [-0.25, -0.2) is 4.68 Å². The fourth-order valence-corrected chi connectivity index (χ4v) is 1.41. The van der Waals surface area contributed by atoms with Crippen LogP contribution in [0.5, 0.6) is 0 Å². The van der Waals surface area contributed by atoms with E-state index in [0.29, 0.717) is 5.82 Å². The average Bonchev–Trinajstić information content (AvgIpc) is 2.85. The summed E-state index contributed by atoms with van der Waals surface area (Å²) in [7, 11) is 0. The van der Waals surface area contributed by atoms with Gasteiger partial charge in [-0.15, -0.1) is 16.7 Å². The number of halogens is 1. The number of hydrogen-bond acceptors (Lipinski definition) is 4. The largest absolute Gasteiger partial charge is 0.336 e. The van der Waals surface area contributed by atoms with Crippen LogP contribution in [0, 0.1) is 0 Å². The van der Waals surface area contributed by atoms with Gasteiger partial charge in [0.05, 0.1) is 0 Å². The molecule has 0 aliphatic heterocycles. The highest BCUT2D eigenvalue weighted by atomic mass is 35.5. The van der Waals surface area contributed by atoms with E-state index in [0.717, 1.165) is 5.56 Å². The minimum absolute atomic E-state index is 0.0806. The van der Waals surface area contributed by atoms with Crippen molar-refractivity contribution in [2.45, 2.75) is 6.67 Å². The lowest BCUT2D eigenvalue weighted by Crippen LogP contribution is -2.27. The van der Waals surface area contributed by atoms with Crippen molar-refractivity contribution in [1.82, 2.24) is 25.5 Å². The van der Waals surface area contributed by atoms with Crippen molar-refractivity contribution in [3.63, 3.8) is 0 Å². The van der Waals surface area contributed by atoms with E-state index in [4.69, 9.17) is 11.6 Å². The molecule has 1 amide bonds. The van der Waals surface area contributed by atoms with Crippen LogP contribution in [0.3, 0.4) is 0 Å². The maximum Gasteiger partial charge on any atom is 0.236 e. The number of nitrogens with one attached hydrogen (secondary N) is 1. The van der Waals surface area contributed by atoms with Crippen LogP contribution in [0.1, 0.15) is 0 Å². The summed E-state index contributed by atoms with van der Waals surface area (Å²) in [5.41, 5.74) is 0.887. The maximum absolute atomic E-state index is 11.0. The molecule has 0 aliphatic rings. The number of benzene rings is 1. The Morgan fingerprint density at radius 1 is 1.35 bits per heavy atom. The van der Waals surface area contributed by atoms with Crippen molar-refractivity contribution in [3.8, 4) is 11.4 Å². The molecule has 0 radical (unpaired) electrons. The number of tetrazole rings is 1. The van der Waals surface area contributed by atoms with Crippen LogP contribution in [-0.4, -0.2) is 32.0 Å². The monoisotopic (exact) mass is 251 g/mol. The molecule has 6 nitrogen and oxygen atoms in total. The van der Waals surface area contributed by atoms with Crippen molar-refractivity contribution < 1.29 is 4.79 Å². The van der Waals surface area contributed by atoms with E-state index in [-0.39, 0.29) is 18.5 Å². The molecule has 1 heterocycles. The summed E-state index contributed by atoms with van der Waals surface area (Å²) in [5.74, 6) is 0.254. The van der Waals surface area contributed by atoms with Gasteiger partial charge in [-0.05, 0) is 10.4 Å². The van der Waals surface area contributed by atoms with Gasteiger partial charge in [0.2, 0.25) is 5.91 Å². The Balaban J connectivity index is 2.15. The Morgan fingerprint density at radius 2 is 2.12 bits per heavy atom. The number of carbonyl (C=O) groups excluding carboxylic acids is 1. The van der Waals surface area contributed by atoms with E-state index in [1.165, 1.54) is 4.68 Å². The predicted octanol–water partition coefficient (Wildman–Crippen LogP) is 0.653. The number of aromatic nitrogens is 4. The van der Waals surface area contributed by atoms with Crippen LogP contribution in [0.15, 0.2) is 30.3 Å². The molecular weight excluding hydrogens is 242 g/mol. The summed E-state index contributed by atoms with van der Waals surface area (Å²) >= 11 is 5.38. The summed E-state index contributed by atoms with van der Waals surface area (Å²) in [6.45, 7) is 0.197. The van der Waals surface area contributed by atoms with Gasteiger partial charge in [0.25, 0.3) is 0 Å². The molecule has 0 fully saturated rings. The predicted molar refractivity (Wildman–Crippen MR) is 62.1 cm³/mol. The van der Waals surface area contributed by atoms with Gasteiger partial charge in [-0.2, -0.15) is 0 Å². The SMILES string of the molecule is O=C(CCl)NCn1nnnc1-c1ccccc1. The molecule has 1 N–H and O–H groups in total. The van der Waals surface area contributed by atoms with E-state index < -0.39 is 0 Å². The third kappa shape index (κ3) is 2.79. The number of hydrogen-bond donors (Lipinski definition) is 1. The summed E-state index contributed by atoms with van der Waals surface area (Å²) in [5, 5.41) is 13.9. The standard InChI is InChI=1S/C10H10ClN5O/c11-6-9(17)12-7-16-10(13-14-15-16)8-4-2-1-3-5-8/h1-5H,6-7H2,(H,12,17). The van der Waals surface area contributed by atoms with Crippen molar-refractivity contribution in [2.24, 2.45) is 0 Å². The molecule has 0 bridgehead atoms. The highest BCUT2D eigenvalue weighted by Crippen LogP contribution is 2.13. The Labute approximate surface area is 103 Å². The van der Waals surface area contributed by atoms with Gasteiger partial charge in [0.1, 0.15) is 12.5 Å². The highest BCUT2D eigenvalue weighted by Gasteiger charge is 2.08. The zero-order chi connectivity index (χ0) is 12.1. The summed E-state index contributed by atoms with van der Waals surface area (Å²) in [4.78, 5) is 11.0. The molecule has 7 heteroatoms. The molecule has 0 unspecified atom stereocenters. The minimum Gasteiger partial charge on any atom is -0.336 e. The Bertz CT molecular complexity index is 498. The number of amides is 1. The fourth-order valence-electron chi connectivity index (χ4n) is 1.32. The normalized spacial score (nSPS) is 10.2. The highest BCUT2D eigenvalue weighted by molar-refractivity contribution is 6.27. The molecule has 88 valence electrons. The smallest absolute Gasteiger partial charge is 0.236 e. The van der Waals surface area contributed by atoms with Gasteiger partial charge in [-0.1, -0.05) is 30.3 Å². The topological polar surface area (TPSA) is 72.7 Å². The molecule has 17 heavy (non-hydrogen) atoms. The molecular formula is C10H10ClN5O. The first-order valence-electron chi connectivity index (χ1n) is 4.95. The summed E-state index contributed by atoms with van der Waals surface area (Å²) in [6, 6.07) is 9.49. The molecule has 0 atom stereocenters. The lowest BCUT2D eigenvalue weighted by Gasteiger charge is -2.05. The quantitative estimate of drug-likeness (QED) is 0.810. The molecule has 1 aromatic heterocycles. The fraction of sp³-hybridized carbons (Fsp3) is 0.200. The van der Waals surface area contributed by atoms with E-state index >= 15 is 0 Å². The number of nitrogens with zero attached hydrogens (tertiary/aromatic N) is 4. The van der Waals surface area contributed by atoms with Crippen molar-refractivity contribution in [1.29, 1.82) is 0 Å². The van der Waals surface area contributed by atoms with Gasteiger partial charge in [0.15, 0.2) is 5.82 Å². The second-order valence-electron chi connectivity index (χ2n) is 3.26. The van der Waals surface area contributed by atoms with Crippen molar-refractivity contribution in [3.05, 3.63) is 30.3 Å². The van der Waals surface area contributed by atoms with Crippen LogP contribution < -0.4 is 5.32 Å². The first-order valence-corrected chi connectivity index (χ1v) is 5.49. The molecule has 0 saturated heterocycles. The molecule has 0 aliphatic carbocycles. The Kier molecular flexibility index (Phi) is 3.66. The van der Waals surface area contributed by atoms with Gasteiger partial charge < -0.3 is 5.32 Å². The van der Waals surface area contributed by atoms with Gasteiger partial charge >= 0.3 is 0 Å². The van der Waals surface area contributed by atoms with Crippen LogP contribution in [-0.2, 0) is 11.5 Å². The molecule has 1 aromatic carbocycles. The van der Waals surface area contributed by atoms with Gasteiger partial charge in [0, 0.05) is 5.56 Å². The molecule has 2 rings (SSSR count). The first-order chi connectivity index (χ1) is 8.31. The first kappa shape index (κ1) is 11.5. The lowest BCUT2D eigenvalue weighted by atomic mass is 10.2. The molecule has 2 aromatic rings. The van der Waals surface area contributed by atoms with E-state index in [2.05, 4.69) is 20.8 Å². The summed E-state index contributed by atoms with van der Waals surface area (Å²) < 4.78 is 1.50. The third-order valence-electron chi connectivity index (χ3n) is 2.11. The number of rotatable bonds is 4. The maximum atomic E-state index is 11.0. The summed E-state index contributed by atoms with van der Waals surface area (Å²) in [6.07, 6.45) is 0. The third-order valence-corrected chi connectivity index (χ3v) is 2.35. The average molecular weight is 252 g/mol. The van der Waals surface area contributed by atoms with E-state index in [9.17, 15) is 4.79 Å². The minimum atomic E-state index is -0.263. The Morgan fingerprint density at radius 3 is 2.82 bits per heavy atom. The number of carbonyl (C=O) groups is 1.